The highest BCUT2D eigenvalue weighted by Gasteiger charge is 2.53. The fourth-order valence-corrected chi connectivity index (χ4v) is 6.68. The lowest BCUT2D eigenvalue weighted by atomic mass is 9.98. The summed E-state index contributed by atoms with van der Waals surface area (Å²) < 4.78 is 32.3. The molecule has 0 aliphatic carbocycles. The first-order valence-corrected chi connectivity index (χ1v) is 16.0. The summed E-state index contributed by atoms with van der Waals surface area (Å²) in [5.74, 6) is 0.838. The van der Waals surface area contributed by atoms with E-state index in [1.807, 2.05) is 36.4 Å². The Bertz CT molecular complexity index is 904. The van der Waals surface area contributed by atoms with Gasteiger partial charge in [-0.2, -0.15) is 0 Å². The first kappa shape index (κ1) is 25.9. The highest BCUT2D eigenvalue weighted by atomic mass is 32.2. The minimum atomic E-state index is -2.10. The molecule has 7 heteroatoms. The quantitative estimate of drug-likeness (QED) is 0.422. The van der Waals surface area contributed by atoms with Gasteiger partial charge in [0.05, 0.1) is 6.61 Å². The van der Waals surface area contributed by atoms with Gasteiger partial charge in [-0.3, -0.25) is 0 Å². The predicted molar refractivity (Wildman–Crippen MR) is 139 cm³/mol. The molecule has 1 unspecified atom stereocenters. The number of methoxy groups -OCH3 is 1. The van der Waals surface area contributed by atoms with Crippen LogP contribution in [0.2, 0.25) is 18.1 Å². The van der Waals surface area contributed by atoms with Gasteiger partial charge in [-0.1, -0.05) is 81.4 Å². The van der Waals surface area contributed by atoms with E-state index in [9.17, 15) is 0 Å². The number of benzene rings is 2. The topological polar surface area (TPSA) is 46.2 Å². The van der Waals surface area contributed by atoms with Crippen molar-refractivity contribution >= 4 is 20.1 Å². The lowest BCUT2D eigenvalue weighted by molar-refractivity contribution is -0.319. The van der Waals surface area contributed by atoms with E-state index < -0.39 is 14.6 Å². The maximum absolute atomic E-state index is 6.98. The number of hydrogen-bond donors (Lipinski definition) is 0. The maximum atomic E-state index is 6.98. The first-order valence-electron chi connectivity index (χ1n) is 12.0. The number of thioether (sulfide) groups is 1. The van der Waals surface area contributed by atoms with Gasteiger partial charge < -0.3 is 23.4 Å². The molecule has 0 bridgehead atoms. The van der Waals surface area contributed by atoms with Crippen molar-refractivity contribution < 1.29 is 23.4 Å². The first-order chi connectivity index (χ1) is 16.2. The fourth-order valence-electron chi connectivity index (χ4n) is 4.12. The Balaban J connectivity index is 1.58. The van der Waals surface area contributed by atoms with Crippen molar-refractivity contribution in [1.82, 2.24) is 0 Å². The second kappa shape index (κ2) is 10.8. The highest BCUT2D eigenvalue weighted by molar-refractivity contribution is 7.99. The van der Waals surface area contributed by atoms with Gasteiger partial charge >= 0.3 is 0 Å². The fraction of sp³-hybridized carbons (Fsp3) is 0.556. The third kappa shape index (κ3) is 5.78. The Morgan fingerprint density at radius 1 is 0.941 bits per heavy atom. The van der Waals surface area contributed by atoms with Crippen LogP contribution in [0.25, 0.3) is 0 Å². The van der Waals surface area contributed by atoms with Gasteiger partial charge in [-0.05, 0) is 23.7 Å². The Morgan fingerprint density at radius 3 is 2.21 bits per heavy atom. The van der Waals surface area contributed by atoms with Gasteiger partial charge in [0.1, 0.15) is 29.9 Å². The molecule has 2 saturated heterocycles. The molecule has 0 aromatic heterocycles. The van der Waals surface area contributed by atoms with Gasteiger partial charge in [0.25, 0.3) is 0 Å². The SMILES string of the molecule is CO[C@@H]1[C@@H]2O[C@H](c3ccccc3)OC[C@H]2OC(SCc2ccccc2)[C@H]1O[Si](C)(C)C(C)(C)C. The third-order valence-electron chi connectivity index (χ3n) is 7.12. The number of hydrogen-bond acceptors (Lipinski definition) is 6. The largest absolute Gasteiger partial charge is 0.408 e. The molecule has 4 rings (SSSR count). The normalized spacial score (nSPS) is 30.1. The van der Waals surface area contributed by atoms with Crippen LogP contribution >= 0.6 is 11.8 Å². The molecule has 34 heavy (non-hydrogen) atoms. The molecular formula is C27H38O5SSi. The number of ether oxygens (including phenoxy) is 4. The van der Waals surface area contributed by atoms with Crippen LogP contribution in [0.15, 0.2) is 60.7 Å². The molecule has 0 spiro atoms. The van der Waals surface area contributed by atoms with Crippen LogP contribution in [0.4, 0.5) is 0 Å². The second-order valence-corrected chi connectivity index (χ2v) is 16.4. The molecule has 0 saturated carbocycles. The number of fused-ring (bicyclic) bond motifs is 1. The van der Waals surface area contributed by atoms with Gasteiger partial charge in [0.15, 0.2) is 14.6 Å². The average Bonchev–Trinajstić information content (AvgIpc) is 2.82. The van der Waals surface area contributed by atoms with E-state index in [1.165, 1.54) is 5.56 Å². The van der Waals surface area contributed by atoms with E-state index in [0.717, 1.165) is 11.3 Å². The van der Waals surface area contributed by atoms with Crippen LogP contribution < -0.4 is 0 Å². The van der Waals surface area contributed by atoms with Crippen molar-refractivity contribution in [3.63, 3.8) is 0 Å². The molecule has 2 aliphatic rings. The number of rotatable bonds is 7. The maximum Gasteiger partial charge on any atom is 0.192 e. The Hall–Kier alpha value is -1.19. The van der Waals surface area contributed by atoms with Crippen molar-refractivity contribution in [2.45, 2.75) is 80.8 Å². The Kier molecular flexibility index (Phi) is 8.24. The van der Waals surface area contributed by atoms with Crippen LogP contribution in [0.5, 0.6) is 0 Å². The van der Waals surface area contributed by atoms with E-state index in [2.05, 4.69) is 58.1 Å². The smallest absolute Gasteiger partial charge is 0.192 e. The highest BCUT2D eigenvalue weighted by Crippen LogP contribution is 2.44. The van der Waals surface area contributed by atoms with E-state index in [4.69, 9.17) is 23.4 Å². The molecule has 2 aromatic carbocycles. The van der Waals surface area contributed by atoms with Gasteiger partial charge in [-0.15, -0.1) is 11.8 Å². The molecule has 2 fully saturated rings. The van der Waals surface area contributed by atoms with Crippen molar-refractivity contribution in [3.8, 4) is 0 Å². The Morgan fingerprint density at radius 2 is 1.59 bits per heavy atom. The summed E-state index contributed by atoms with van der Waals surface area (Å²) in [5.41, 5.74) is 2.08. The predicted octanol–water partition coefficient (Wildman–Crippen LogP) is 6.16. The van der Waals surface area contributed by atoms with Crippen LogP contribution in [-0.2, 0) is 29.1 Å². The summed E-state index contributed by atoms with van der Waals surface area (Å²) in [4.78, 5) is 0. The lowest BCUT2D eigenvalue weighted by Crippen LogP contribution is -2.64. The average molecular weight is 503 g/mol. The van der Waals surface area contributed by atoms with E-state index >= 15 is 0 Å². The summed E-state index contributed by atoms with van der Waals surface area (Å²) in [6.07, 6.45) is -1.41. The lowest BCUT2D eigenvalue weighted by Gasteiger charge is -2.51. The zero-order valence-corrected chi connectivity index (χ0v) is 22.9. The van der Waals surface area contributed by atoms with Crippen molar-refractivity contribution in [3.05, 3.63) is 71.8 Å². The summed E-state index contributed by atoms with van der Waals surface area (Å²) in [5, 5.41) is 0.0693. The van der Waals surface area contributed by atoms with Gasteiger partial charge in [-0.25, -0.2) is 0 Å². The molecule has 186 valence electrons. The zero-order chi connectivity index (χ0) is 24.3. The molecular weight excluding hydrogens is 464 g/mol. The van der Waals surface area contributed by atoms with Gasteiger partial charge in [0.2, 0.25) is 0 Å². The molecule has 6 atom stereocenters. The van der Waals surface area contributed by atoms with Gasteiger partial charge in [0, 0.05) is 18.4 Å². The minimum absolute atomic E-state index is 0.0693. The van der Waals surface area contributed by atoms with Crippen molar-refractivity contribution in [2.24, 2.45) is 0 Å². The molecule has 2 aliphatic heterocycles. The van der Waals surface area contributed by atoms with E-state index in [1.54, 1.807) is 18.9 Å². The van der Waals surface area contributed by atoms with Crippen LogP contribution in [0.1, 0.15) is 38.2 Å². The van der Waals surface area contributed by atoms with E-state index in [0.29, 0.717) is 6.61 Å². The van der Waals surface area contributed by atoms with Crippen molar-refractivity contribution in [2.75, 3.05) is 13.7 Å². The standard InChI is InChI=1S/C27H38O5SSi/c1-27(2,3)34(5,6)32-24-23(28-4)22-21(17-29-25(31-22)20-15-11-8-12-16-20)30-26(24)33-18-19-13-9-7-10-14-19/h7-16,21-26H,17-18H2,1-6H3/t21-,22-,23-,24+,25-,26?/m1/s1. The summed E-state index contributed by atoms with van der Waals surface area (Å²) in [6, 6.07) is 20.5. The van der Waals surface area contributed by atoms with Crippen LogP contribution in [0, 0.1) is 0 Å². The summed E-state index contributed by atoms with van der Waals surface area (Å²) in [6.45, 7) is 11.8. The second-order valence-electron chi connectivity index (χ2n) is 10.6. The van der Waals surface area contributed by atoms with Crippen molar-refractivity contribution in [1.29, 1.82) is 0 Å². The molecule has 0 radical (unpaired) electrons. The monoisotopic (exact) mass is 502 g/mol. The minimum Gasteiger partial charge on any atom is -0.408 e. The van der Waals surface area contributed by atoms with Crippen LogP contribution in [-0.4, -0.2) is 51.9 Å². The zero-order valence-electron chi connectivity index (χ0n) is 21.1. The molecule has 0 amide bonds. The molecule has 0 N–H and O–H groups in total. The summed E-state index contributed by atoms with van der Waals surface area (Å²) in [7, 11) is -0.344. The molecule has 2 aromatic rings. The Labute approximate surface area is 209 Å². The molecule has 2 heterocycles. The van der Waals surface area contributed by atoms with E-state index in [-0.39, 0.29) is 34.9 Å². The third-order valence-corrected chi connectivity index (χ3v) is 12.8. The molecule has 5 nitrogen and oxygen atoms in total. The van der Waals surface area contributed by atoms with Crippen LogP contribution in [0.3, 0.4) is 0 Å². The summed E-state index contributed by atoms with van der Waals surface area (Å²) >= 11 is 1.77.